The van der Waals surface area contributed by atoms with Crippen LogP contribution >= 0.6 is 0 Å². The number of nitrogens with one attached hydrogen (secondary N) is 1. The van der Waals surface area contributed by atoms with Crippen molar-refractivity contribution in [2.75, 3.05) is 19.4 Å². The van der Waals surface area contributed by atoms with Gasteiger partial charge < -0.3 is 25.1 Å². The Hall–Kier alpha value is -2.32. The lowest BCUT2D eigenvalue weighted by molar-refractivity contribution is -0.118. The lowest BCUT2D eigenvalue weighted by Crippen LogP contribution is -2.41. The van der Waals surface area contributed by atoms with E-state index in [1.54, 1.807) is 24.3 Å². The molecule has 27 heavy (non-hydrogen) atoms. The van der Waals surface area contributed by atoms with Gasteiger partial charge in [0.25, 0.3) is 0 Å². The Balaban J connectivity index is 2.41. The van der Waals surface area contributed by atoms with Gasteiger partial charge in [-0.1, -0.05) is 6.08 Å². The Bertz CT molecular complexity index is 757. The van der Waals surface area contributed by atoms with E-state index in [4.69, 9.17) is 19.8 Å². The molecule has 1 heterocycles. The van der Waals surface area contributed by atoms with Gasteiger partial charge in [0.05, 0.1) is 23.9 Å². The maximum absolute atomic E-state index is 11.8. The molecule has 0 saturated carbocycles. The van der Waals surface area contributed by atoms with E-state index in [2.05, 4.69) is 5.32 Å². The molecule has 146 valence electrons. The zero-order chi connectivity index (χ0) is 20.4. The second kappa shape index (κ2) is 7.74. The average molecular weight is 374 g/mol. The van der Waals surface area contributed by atoms with Crippen LogP contribution in [0.25, 0.3) is 6.08 Å². The second-order valence-corrected chi connectivity index (χ2v) is 7.60. The van der Waals surface area contributed by atoms with Gasteiger partial charge in [0.2, 0.25) is 5.91 Å². The SMILES string of the molecule is COC(=O)c1cc(N)cc(C=C(CNC(C)=O)B2OC(C)(C)C(C)(C)O2)c1. The number of carbonyl (C=O) groups is 2. The summed E-state index contributed by atoms with van der Waals surface area (Å²) in [5.41, 5.74) is 7.06. The Morgan fingerprint density at radius 3 is 2.30 bits per heavy atom. The lowest BCUT2D eigenvalue weighted by Gasteiger charge is -2.32. The summed E-state index contributed by atoms with van der Waals surface area (Å²) in [5.74, 6) is -0.642. The van der Waals surface area contributed by atoms with Gasteiger partial charge in [0, 0.05) is 19.2 Å². The normalized spacial score (nSPS) is 18.3. The van der Waals surface area contributed by atoms with Crippen molar-refractivity contribution in [2.45, 2.75) is 45.8 Å². The third-order valence-electron chi connectivity index (χ3n) is 4.85. The number of esters is 1. The monoisotopic (exact) mass is 374 g/mol. The molecule has 0 spiro atoms. The summed E-state index contributed by atoms with van der Waals surface area (Å²) < 4.78 is 17.0. The van der Waals surface area contributed by atoms with Crippen molar-refractivity contribution >= 4 is 30.8 Å². The van der Waals surface area contributed by atoms with Gasteiger partial charge in [-0.25, -0.2) is 4.79 Å². The molecule has 0 radical (unpaired) electrons. The summed E-state index contributed by atoms with van der Waals surface area (Å²) in [6, 6.07) is 4.94. The first-order chi connectivity index (χ1) is 12.4. The lowest BCUT2D eigenvalue weighted by atomic mass is 9.77. The van der Waals surface area contributed by atoms with Gasteiger partial charge in [0.1, 0.15) is 0 Å². The van der Waals surface area contributed by atoms with Crippen LogP contribution in [0.2, 0.25) is 0 Å². The van der Waals surface area contributed by atoms with Crippen LogP contribution < -0.4 is 11.1 Å². The van der Waals surface area contributed by atoms with Crippen molar-refractivity contribution in [3.05, 3.63) is 34.8 Å². The topological polar surface area (TPSA) is 99.9 Å². The standard InChI is InChI=1S/C19H27BN2O5/c1-12(23)22-11-15(20-26-18(2,3)19(4,5)27-20)8-13-7-14(17(24)25-6)10-16(21)9-13/h7-10H,11,21H2,1-6H3,(H,22,23). The number of benzene rings is 1. The highest BCUT2D eigenvalue weighted by atomic mass is 16.7. The minimum absolute atomic E-state index is 0.166. The number of nitrogen functional groups attached to an aromatic ring is 1. The molecule has 1 aliphatic rings. The molecular weight excluding hydrogens is 347 g/mol. The molecule has 2 rings (SSSR count). The molecule has 3 N–H and O–H groups in total. The smallest absolute Gasteiger partial charge is 0.465 e. The van der Waals surface area contributed by atoms with Crippen LogP contribution in [0.1, 0.15) is 50.5 Å². The Morgan fingerprint density at radius 2 is 1.78 bits per heavy atom. The Labute approximate surface area is 160 Å². The van der Waals surface area contributed by atoms with Gasteiger partial charge in [-0.05, 0) is 56.9 Å². The van der Waals surface area contributed by atoms with Crippen molar-refractivity contribution in [1.82, 2.24) is 5.32 Å². The highest BCUT2D eigenvalue weighted by Crippen LogP contribution is 2.38. The van der Waals surface area contributed by atoms with Crippen LogP contribution in [-0.4, -0.2) is 43.9 Å². The number of hydrogen-bond donors (Lipinski definition) is 2. The first-order valence-electron chi connectivity index (χ1n) is 8.74. The fourth-order valence-electron chi connectivity index (χ4n) is 2.63. The first-order valence-corrected chi connectivity index (χ1v) is 8.74. The number of nitrogens with two attached hydrogens (primary N) is 1. The van der Waals surface area contributed by atoms with Crippen molar-refractivity contribution in [1.29, 1.82) is 0 Å². The molecular formula is C19H27BN2O5. The molecule has 1 aliphatic heterocycles. The zero-order valence-corrected chi connectivity index (χ0v) is 16.7. The van der Waals surface area contributed by atoms with Gasteiger partial charge in [-0.15, -0.1) is 0 Å². The highest BCUT2D eigenvalue weighted by Gasteiger charge is 2.52. The summed E-state index contributed by atoms with van der Waals surface area (Å²) in [7, 11) is 0.679. The molecule has 1 aromatic carbocycles. The summed E-state index contributed by atoms with van der Waals surface area (Å²) in [6.07, 6.45) is 1.81. The van der Waals surface area contributed by atoms with Gasteiger partial charge in [0.15, 0.2) is 0 Å². The van der Waals surface area contributed by atoms with E-state index >= 15 is 0 Å². The summed E-state index contributed by atoms with van der Waals surface area (Å²) in [5, 5.41) is 2.77. The van der Waals surface area contributed by atoms with E-state index in [1.807, 2.05) is 27.7 Å². The maximum atomic E-state index is 11.8. The van der Waals surface area contributed by atoms with Crippen molar-refractivity contribution < 1.29 is 23.6 Å². The molecule has 1 amide bonds. The predicted molar refractivity (Wildman–Crippen MR) is 105 cm³/mol. The summed E-state index contributed by atoms with van der Waals surface area (Å²) >= 11 is 0. The van der Waals surface area contributed by atoms with Crippen LogP contribution in [0.15, 0.2) is 23.7 Å². The number of ether oxygens (including phenoxy) is 1. The molecule has 1 saturated heterocycles. The van der Waals surface area contributed by atoms with Crippen LogP contribution in [-0.2, 0) is 18.8 Å². The van der Waals surface area contributed by atoms with Crippen molar-refractivity contribution in [2.24, 2.45) is 0 Å². The number of rotatable bonds is 5. The van der Waals surface area contributed by atoms with Crippen LogP contribution in [0.4, 0.5) is 5.69 Å². The molecule has 0 atom stereocenters. The fourth-order valence-corrected chi connectivity index (χ4v) is 2.63. The molecule has 1 aromatic rings. The number of amides is 1. The molecule has 0 unspecified atom stereocenters. The Kier molecular flexibility index (Phi) is 6.02. The quantitative estimate of drug-likeness (QED) is 0.466. The van der Waals surface area contributed by atoms with Gasteiger partial charge in [-0.3, -0.25) is 4.79 Å². The van der Waals surface area contributed by atoms with E-state index in [1.165, 1.54) is 14.0 Å². The van der Waals surface area contributed by atoms with E-state index < -0.39 is 24.3 Å². The molecule has 0 aliphatic carbocycles. The minimum atomic E-state index is -0.634. The summed E-state index contributed by atoms with van der Waals surface area (Å²) in [6.45, 7) is 9.52. The summed E-state index contributed by atoms with van der Waals surface area (Å²) in [4.78, 5) is 23.2. The molecule has 7 nitrogen and oxygen atoms in total. The third-order valence-corrected chi connectivity index (χ3v) is 4.85. The third kappa shape index (κ3) is 4.90. The predicted octanol–water partition coefficient (Wildman–Crippen LogP) is 2.21. The largest absolute Gasteiger partial charge is 0.492 e. The maximum Gasteiger partial charge on any atom is 0.492 e. The number of methoxy groups -OCH3 is 1. The molecule has 0 aromatic heterocycles. The second-order valence-electron chi connectivity index (χ2n) is 7.60. The van der Waals surface area contributed by atoms with Crippen LogP contribution in [0, 0.1) is 0 Å². The van der Waals surface area contributed by atoms with Crippen LogP contribution in [0.3, 0.4) is 0 Å². The fraction of sp³-hybridized carbons (Fsp3) is 0.474. The number of hydrogen-bond acceptors (Lipinski definition) is 6. The first kappa shape index (κ1) is 21.0. The molecule has 8 heteroatoms. The number of carbonyl (C=O) groups excluding carboxylic acids is 2. The molecule has 0 bridgehead atoms. The van der Waals surface area contributed by atoms with E-state index in [-0.39, 0.29) is 12.5 Å². The Morgan fingerprint density at radius 1 is 1.19 bits per heavy atom. The van der Waals surface area contributed by atoms with E-state index in [9.17, 15) is 9.59 Å². The molecule has 1 fully saturated rings. The zero-order valence-electron chi connectivity index (χ0n) is 16.7. The van der Waals surface area contributed by atoms with Gasteiger partial charge in [-0.2, -0.15) is 0 Å². The highest BCUT2D eigenvalue weighted by molar-refractivity contribution is 6.56. The average Bonchev–Trinajstić information content (AvgIpc) is 2.77. The van der Waals surface area contributed by atoms with E-state index in [0.717, 1.165) is 0 Å². The van der Waals surface area contributed by atoms with E-state index in [0.29, 0.717) is 22.3 Å². The number of anilines is 1. The van der Waals surface area contributed by atoms with Crippen molar-refractivity contribution in [3.63, 3.8) is 0 Å². The van der Waals surface area contributed by atoms with Gasteiger partial charge >= 0.3 is 13.1 Å². The van der Waals surface area contributed by atoms with Crippen molar-refractivity contribution in [3.8, 4) is 0 Å². The minimum Gasteiger partial charge on any atom is -0.465 e. The van der Waals surface area contributed by atoms with Crippen LogP contribution in [0.5, 0.6) is 0 Å².